The molecule has 0 spiro atoms. The maximum atomic E-state index is 12.4. The van der Waals surface area contributed by atoms with Crippen LogP contribution in [0.1, 0.15) is 42.2 Å². The van der Waals surface area contributed by atoms with Crippen molar-refractivity contribution in [1.82, 2.24) is 25.0 Å². The largest absolute Gasteiger partial charge is 0.382 e. The van der Waals surface area contributed by atoms with E-state index in [2.05, 4.69) is 20.0 Å². The summed E-state index contributed by atoms with van der Waals surface area (Å²) in [4.78, 5) is 29.2. The molecule has 1 amide bonds. The quantitative estimate of drug-likeness (QED) is 0.640. The van der Waals surface area contributed by atoms with Crippen LogP contribution >= 0.6 is 0 Å². The number of rotatable bonds is 3. The molecule has 5 heterocycles. The molecule has 10 heteroatoms. The van der Waals surface area contributed by atoms with Crippen molar-refractivity contribution in [2.24, 2.45) is 0 Å². The monoisotopic (exact) mass is 423 g/mol. The summed E-state index contributed by atoms with van der Waals surface area (Å²) in [7, 11) is 1.67. The van der Waals surface area contributed by atoms with Gasteiger partial charge in [0.25, 0.3) is 5.91 Å². The van der Waals surface area contributed by atoms with Crippen LogP contribution in [0.4, 0.5) is 11.6 Å². The molecule has 2 aliphatic rings. The number of likely N-dealkylation sites (N-methyl/N-ethyl adjacent to an activating group) is 1. The van der Waals surface area contributed by atoms with Gasteiger partial charge in [0.15, 0.2) is 11.6 Å². The number of carbonyl (C=O) groups is 1. The fourth-order valence-corrected chi connectivity index (χ4v) is 4.55. The van der Waals surface area contributed by atoms with Gasteiger partial charge in [-0.05, 0) is 31.4 Å². The number of fused-ring (bicyclic) bond motifs is 1. The normalized spacial score (nSPS) is 24.4. The van der Waals surface area contributed by atoms with Crippen molar-refractivity contribution in [3.63, 3.8) is 0 Å². The number of amides is 1. The molecule has 0 radical (unpaired) electrons. The predicted octanol–water partition coefficient (Wildman–Crippen LogP) is 1.34. The second-order valence-electron chi connectivity index (χ2n) is 8.49. The third-order valence-corrected chi connectivity index (χ3v) is 6.41. The number of hydrogen-bond acceptors (Lipinski definition) is 9. The van der Waals surface area contributed by atoms with E-state index in [1.807, 2.05) is 13.0 Å². The topological polar surface area (TPSA) is 134 Å². The van der Waals surface area contributed by atoms with E-state index in [-0.39, 0.29) is 17.6 Å². The molecule has 3 N–H and O–H groups in total. The summed E-state index contributed by atoms with van der Waals surface area (Å²) < 4.78 is 5.44. The Morgan fingerprint density at radius 1 is 1.26 bits per heavy atom. The Labute approximate surface area is 179 Å². The van der Waals surface area contributed by atoms with E-state index in [1.54, 1.807) is 13.1 Å². The number of carbonyl (C=O) groups excluding carboxylic acids is 1. The standard InChI is InChI=1S/C21H25N7O3/c1-12-8-16(25-18-17(12)23-11-24-19(18)22)28-6-3-4-13(10-28)14-9-15(31-26-14)21(30)5-7-27(2)20(21)29/h8-9,11,13,30H,3-7,10H2,1-2H3,(H2,22,23,24)/t13-,21?/m1/s1. The summed E-state index contributed by atoms with van der Waals surface area (Å²) in [5.74, 6) is 1.16. The molecule has 5 rings (SSSR count). The van der Waals surface area contributed by atoms with E-state index in [0.717, 1.165) is 42.0 Å². The molecule has 2 fully saturated rings. The minimum atomic E-state index is -1.62. The lowest BCUT2D eigenvalue weighted by molar-refractivity contribution is -0.144. The molecule has 1 unspecified atom stereocenters. The van der Waals surface area contributed by atoms with Gasteiger partial charge in [-0.2, -0.15) is 0 Å². The number of likely N-dealkylation sites (tertiary alicyclic amines) is 1. The van der Waals surface area contributed by atoms with Crippen LogP contribution in [0.2, 0.25) is 0 Å². The van der Waals surface area contributed by atoms with E-state index < -0.39 is 5.60 Å². The molecule has 0 aromatic carbocycles. The van der Waals surface area contributed by atoms with Gasteiger partial charge in [0.1, 0.15) is 17.7 Å². The zero-order valence-corrected chi connectivity index (χ0v) is 17.6. The van der Waals surface area contributed by atoms with Crippen molar-refractivity contribution in [3.05, 3.63) is 35.5 Å². The summed E-state index contributed by atoms with van der Waals surface area (Å²) in [5, 5.41) is 15.0. The lowest BCUT2D eigenvalue weighted by Crippen LogP contribution is -2.36. The van der Waals surface area contributed by atoms with Crippen LogP contribution in [-0.4, -0.2) is 62.7 Å². The fraction of sp³-hybridized carbons (Fsp3) is 0.476. The number of nitrogens with zero attached hydrogens (tertiary/aromatic N) is 6. The Kier molecular flexibility index (Phi) is 4.54. The van der Waals surface area contributed by atoms with Gasteiger partial charge in [-0.25, -0.2) is 15.0 Å². The SMILES string of the molecule is Cc1cc(N2CCC[C@@H](c3cc(C4(O)CCN(C)C4=O)on3)C2)nc2c(N)ncnc12. The van der Waals surface area contributed by atoms with Gasteiger partial charge in [-0.1, -0.05) is 5.16 Å². The second-order valence-corrected chi connectivity index (χ2v) is 8.49. The second kappa shape index (κ2) is 7.16. The number of nitrogen functional groups attached to an aromatic ring is 1. The van der Waals surface area contributed by atoms with Crippen molar-refractivity contribution < 1.29 is 14.4 Å². The third-order valence-electron chi connectivity index (χ3n) is 6.41. The number of hydrogen-bond donors (Lipinski definition) is 2. The van der Waals surface area contributed by atoms with Crippen molar-refractivity contribution in [1.29, 1.82) is 0 Å². The molecule has 0 saturated carbocycles. The Balaban J connectivity index is 1.41. The molecule has 2 saturated heterocycles. The summed E-state index contributed by atoms with van der Waals surface area (Å²) in [5.41, 5.74) is 7.51. The molecule has 0 bridgehead atoms. The van der Waals surface area contributed by atoms with Gasteiger partial charge in [0.05, 0.1) is 11.2 Å². The number of aliphatic hydroxyl groups is 1. The zero-order chi connectivity index (χ0) is 21.8. The molecule has 3 aromatic rings. The van der Waals surface area contributed by atoms with Crippen LogP contribution in [-0.2, 0) is 10.4 Å². The number of aryl methyl sites for hydroxylation is 1. The van der Waals surface area contributed by atoms with Crippen LogP contribution in [0.25, 0.3) is 11.0 Å². The minimum absolute atomic E-state index is 0.103. The van der Waals surface area contributed by atoms with Crippen LogP contribution in [0.5, 0.6) is 0 Å². The maximum absolute atomic E-state index is 12.4. The fourth-order valence-electron chi connectivity index (χ4n) is 4.55. The number of piperidine rings is 1. The van der Waals surface area contributed by atoms with Crippen LogP contribution < -0.4 is 10.6 Å². The highest BCUT2D eigenvalue weighted by molar-refractivity contribution is 5.88. The first-order valence-electron chi connectivity index (χ1n) is 10.4. The summed E-state index contributed by atoms with van der Waals surface area (Å²) in [6.45, 7) is 4.04. The molecule has 0 aliphatic carbocycles. The summed E-state index contributed by atoms with van der Waals surface area (Å²) in [6, 6.07) is 3.75. The maximum Gasteiger partial charge on any atom is 0.262 e. The minimum Gasteiger partial charge on any atom is -0.382 e. The number of aromatic nitrogens is 4. The lowest BCUT2D eigenvalue weighted by atomic mass is 9.92. The van der Waals surface area contributed by atoms with E-state index in [9.17, 15) is 9.90 Å². The summed E-state index contributed by atoms with van der Waals surface area (Å²) in [6.07, 6.45) is 3.65. The van der Waals surface area contributed by atoms with Gasteiger partial charge >= 0.3 is 0 Å². The van der Waals surface area contributed by atoms with E-state index in [1.165, 1.54) is 11.2 Å². The Bertz CT molecular complexity index is 1160. The predicted molar refractivity (Wildman–Crippen MR) is 113 cm³/mol. The third kappa shape index (κ3) is 3.18. The zero-order valence-electron chi connectivity index (χ0n) is 17.6. The highest BCUT2D eigenvalue weighted by Crippen LogP contribution is 2.36. The molecule has 10 nitrogen and oxygen atoms in total. The van der Waals surface area contributed by atoms with E-state index in [4.69, 9.17) is 15.2 Å². The van der Waals surface area contributed by atoms with Gasteiger partial charge in [-0.15, -0.1) is 0 Å². The Hall–Kier alpha value is -3.27. The van der Waals surface area contributed by atoms with Crippen molar-refractivity contribution in [2.75, 3.05) is 37.3 Å². The first kappa shape index (κ1) is 19.7. The van der Waals surface area contributed by atoms with Crippen molar-refractivity contribution in [2.45, 2.75) is 37.7 Å². The van der Waals surface area contributed by atoms with Crippen molar-refractivity contribution >= 4 is 28.6 Å². The van der Waals surface area contributed by atoms with Crippen molar-refractivity contribution in [3.8, 4) is 0 Å². The number of nitrogens with two attached hydrogens (primary N) is 1. The summed E-state index contributed by atoms with van der Waals surface area (Å²) >= 11 is 0. The first-order valence-corrected chi connectivity index (χ1v) is 10.4. The van der Waals surface area contributed by atoms with E-state index >= 15 is 0 Å². The highest BCUT2D eigenvalue weighted by Gasteiger charge is 2.48. The smallest absolute Gasteiger partial charge is 0.262 e. The first-order chi connectivity index (χ1) is 14.9. The van der Waals surface area contributed by atoms with Gasteiger partial charge in [0.2, 0.25) is 5.60 Å². The van der Waals surface area contributed by atoms with Crippen LogP contribution in [0.15, 0.2) is 23.0 Å². The van der Waals surface area contributed by atoms with Gasteiger partial charge in [0, 0.05) is 45.1 Å². The highest BCUT2D eigenvalue weighted by atomic mass is 16.5. The number of anilines is 2. The lowest BCUT2D eigenvalue weighted by Gasteiger charge is -2.33. The average Bonchev–Trinajstić information content (AvgIpc) is 3.37. The molecule has 2 aliphatic heterocycles. The molecular weight excluding hydrogens is 398 g/mol. The van der Waals surface area contributed by atoms with E-state index in [0.29, 0.717) is 30.8 Å². The van der Waals surface area contributed by atoms with Gasteiger partial charge in [-0.3, -0.25) is 4.79 Å². The molecule has 3 aromatic heterocycles. The average molecular weight is 423 g/mol. The van der Waals surface area contributed by atoms with Crippen LogP contribution in [0, 0.1) is 6.92 Å². The molecule has 162 valence electrons. The Morgan fingerprint density at radius 2 is 2.10 bits per heavy atom. The van der Waals surface area contributed by atoms with Gasteiger partial charge < -0.3 is 25.2 Å². The molecule has 2 atom stereocenters. The Morgan fingerprint density at radius 3 is 2.87 bits per heavy atom. The molecule has 31 heavy (non-hydrogen) atoms. The number of pyridine rings is 1. The molecular formula is C21H25N7O3. The van der Waals surface area contributed by atoms with Crippen LogP contribution in [0.3, 0.4) is 0 Å².